The van der Waals surface area contributed by atoms with Gasteiger partial charge in [0, 0.05) is 52.1 Å². The summed E-state index contributed by atoms with van der Waals surface area (Å²) < 4.78 is 33.3. The lowest BCUT2D eigenvalue weighted by Gasteiger charge is -2.35. The molecule has 0 unspecified atom stereocenters. The minimum Gasteiger partial charge on any atom is -0.465 e. The maximum Gasteiger partial charge on any atom is 0.330 e. The van der Waals surface area contributed by atoms with Gasteiger partial charge in [-0.3, -0.25) is 19.2 Å². The Morgan fingerprint density at radius 1 is 0.453 bits per heavy atom. The number of aliphatic hydroxyl groups excluding tert-OH is 5. The van der Waals surface area contributed by atoms with Crippen LogP contribution < -0.4 is 0 Å². The lowest BCUT2D eigenvalue weighted by Crippen LogP contribution is -2.46. The Morgan fingerprint density at radius 2 is 0.755 bits per heavy atom. The highest BCUT2D eigenvalue weighted by Crippen LogP contribution is 2.26. The number of thioether (sulfide) groups is 4. The quantitative estimate of drug-likeness (QED) is 0.0247. The Morgan fingerprint density at radius 3 is 1.06 bits per heavy atom. The summed E-state index contributed by atoms with van der Waals surface area (Å²) in [6, 6.07) is 0. The van der Waals surface area contributed by atoms with Crippen molar-refractivity contribution in [1.82, 2.24) is 0 Å². The third-order valence-corrected chi connectivity index (χ3v) is 10.6. The molecule has 0 aliphatic rings. The van der Waals surface area contributed by atoms with Gasteiger partial charge >= 0.3 is 29.8 Å². The third kappa shape index (κ3) is 27.5. The van der Waals surface area contributed by atoms with Crippen LogP contribution >= 0.6 is 47.0 Å². The van der Waals surface area contributed by atoms with Crippen LogP contribution in [0.1, 0.15) is 25.7 Å². The normalized spacial score (nSPS) is 11.5. The molecule has 20 heteroatoms. The number of hydrogen-bond donors (Lipinski definition) is 5. The lowest BCUT2D eigenvalue weighted by molar-refractivity contribution is -0.171. The number of rotatable bonds is 36. The Bertz CT molecular complexity index is 979. The monoisotopic (exact) mass is 836 g/mol. The minimum atomic E-state index is -1.47. The molecule has 0 amide bonds. The van der Waals surface area contributed by atoms with Gasteiger partial charge in [0.1, 0.15) is 33.0 Å². The van der Waals surface area contributed by atoms with Crippen molar-refractivity contribution in [3.05, 3.63) is 12.7 Å². The average molecular weight is 837 g/mol. The largest absolute Gasteiger partial charge is 0.465 e. The highest BCUT2D eigenvalue weighted by Gasteiger charge is 2.39. The number of ether oxygens (including phenoxy) is 6. The fourth-order valence-electron chi connectivity index (χ4n) is 3.79. The van der Waals surface area contributed by atoms with Crippen molar-refractivity contribution in [2.24, 2.45) is 10.8 Å². The van der Waals surface area contributed by atoms with E-state index in [1.165, 1.54) is 47.0 Å². The molecule has 0 bridgehead atoms. The van der Waals surface area contributed by atoms with Crippen molar-refractivity contribution >= 4 is 76.9 Å². The second-order valence-electron chi connectivity index (χ2n) is 11.4. The summed E-state index contributed by atoms with van der Waals surface area (Å²) in [4.78, 5) is 62.4. The molecule has 0 fully saturated rings. The first-order chi connectivity index (χ1) is 25.5. The number of carbonyl (C=O) groups is 5. The molecular weight excluding hydrogens is 781 g/mol. The Balaban J connectivity index is 6.13. The van der Waals surface area contributed by atoms with Crippen molar-refractivity contribution < 1.29 is 77.9 Å². The van der Waals surface area contributed by atoms with Gasteiger partial charge in [0.05, 0.1) is 82.8 Å². The third-order valence-electron chi connectivity index (χ3n) is 6.74. The number of esters is 5. The molecule has 0 saturated heterocycles. The molecule has 16 nitrogen and oxygen atoms in total. The Kier molecular flexibility index (Phi) is 32.5. The molecule has 0 rings (SSSR count). The number of hydrogen-bond acceptors (Lipinski definition) is 20. The van der Waals surface area contributed by atoms with Crippen LogP contribution in [-0.2, 0) is 52.4 Å². The lowest BCUT2D eigenvalue weighted by atomic mass is 9.90. The molecule has 0 heterocycles. The molecule has 0 aliphatic heterocycles. The summed E-state index contributed by atoms with van der Waals surface area (Å²) >= 11 is 5.38. The van der Waals surface area contributed by atoms with Crippen LogP contribution in [0.15, 0.2) is 12.7 Å². The Hall–Kier alpha value is -1.75. The van der Waals surface area contributed by atoms with E-state index in [9.17, 15) is 29.1 Å². The van der Waals surface area contributed by atoms with Gasteiger partial charge in [-0.2, -0.15) is 47.0 Å². The van der Waals surface area contributed by atoms with Crippen LogP contribution in [0.2, 0.25) is 0 Å². The van der Waals surface area contributed by atoms with E-state index in [-0.39, 0.29) is 65.3 Å². The van der Waals surface area contributed by atoms with Crippen LogP contribution in [0.5, 0.6) is 0 Å². The fraction of sp³-hybridized carbons (Fsp3) is 0.788. The SMILES string of the molecule is C=CC(=O)OCC(COCC(CO)(COC(=O)CCSCCO)COC(=O)CCSCCO)(COC(=O)CCSCCO)COC(=O)CCSCCO. The van der Waals surface area contributed by atoms with Crippen molar-refractivity contribution in [3.8, 4) is 0 Å². The van der Waals surface area contributed by atoms with Crippen molar-refractivity contribution in [3.63, 3.8) is 0 Å². The zero-order valence-corrected chi connectivity index (χ0v) is 33.4. The molecule has 0 saturated carbocycles. The maximum atomic E-state index is 12.6. The molecule has 53 heavy (non-hydrogen) atoms. The van der Waals surface area contributed by atoms with Gasteiger partial charge in [-0.1, -0.05) is 6.58 Å². The van der Waals surface area contributed by atoms with Crippen LogP contribution in [0.25, 0.3) is 0 Å². The summed E-state index contributed by atoms with van der Waals surface area (Å²) in [6.45, 7) is -0.388. The predicted octanol–water partition coefficient (Wildman–Crippen LogP) is 0.333. The molecule has 0 atom stereocenters. The predicted molar refractivity (Wildman–Crippen MR) is 204 cm³/mol. The number of aliphatic hydroxyl groups is 5. The van der Waals surface area contributed by atoms with E-state index in [0.717, 1.165) is 6.08 Å². The first-order valence-corrected chi connectivity index (χ1v) is 21.5. The fourth-order valence-corrected chi connectivity index (χ4v) is 6.37. The minimum absolute atomic E-state index is 0.00269. The van der Waals surface area contributed by atoms with Gasteiger partial charge < -0.3 is 54.0 Å². The molecule has 0 aromatic rings. The second kappa shape index (κ2) is 33.6. The molecule has 0 radical (unpaired) electrons. The summed E-state index contributed by atoms with van der Waals surface area (Å²) in [6.07, 6.45) is 0.944. The molecule has 0 aromatic carbocycles. The van der Waals surface area contributed by atoms with Gasteiger partial charge in [0.15, 0.2) is 0 Å². The van der Waals surface area contributed by atoms with Crippen LogP contribution in [-0.4, -0.2) is 181 Å². The van der Waals surface area contributed by atoms with Gasteiger partial charge in [-0.25, -0.2) is 4.79 Å². The van der Waals surface area contributed by atoms with Gasteiger partial charge in [-0.15, -0.1) is 0 Å². The van der Waals surface area contributed by atoms with Crippen LogP contribution in [0, 0.1) is 10.8 Å². The smallest absolute Gasteiger partial charge is 0.330 e. The van der Waals surface area contributed by atoms with E-state index in [1.54, 1.807) is 0 Å². The molecule has 0 spiro atoms. The first-order valence-electron chi connectivity index (χ1n) is 16.9. The van der Waals surface area contributed by atoms with E-state index < -0.39 is 80.3 Å². The first kappa shape index (κ1) is 51.2. The van der Waals surface area contributed by atoms with Crippen molar-refractivity contribution in [1.29, 1.82) is 0 Å². The molecule has 5 N–H and O–H groups in total. The standard InChI is InChI=1S/C33H56O16S4/c1-2-27(39)45-24-33(25-48-30(42)5-13-52-17-9-36,26-49-31(43)6-14-53-18-10-37)21-44-20-32(19-38,22-46-28(40)3-11-50-15-7-34)23-47-29(41)4-12-51-16-8-35/h2,34-38H,1,3-26H2. The molecule has 308 valence electrons. The van der Waals surface area contributed by atoms with Gasteiger partial charge in [0.25, 0.3) is 0 Å². The zero-order chi connectivity index (χ0) is 39.6. The topological polar surface area (TPSA) is 242 Å². The highest BCUT2D eigenvalue weighted by molar-refractivity contribution is 7.99. The summed E-state index contributed by atoms with van der Waals surface area (Å²) in [5.41, 5.74) is -2.94. The summed E-state index contributed by atoms with van der Waals surface area (Å²) in [5, 5.41) is 46.5. The van der Waals surface area contributed by atoms with Crippen molar-refractivity contribution in [2.45, 2.75) is 25.7 Å². The summed E-state index contributed by atoms with van der Waals surface area (Å²) in [5.74, 6) is -0.00506. The van der Waals surface area contributed by atoms with Gasteiger partial charge in [0.2, 0.25) is 0 Å². The molecule has 0 aromatic heterocycles. The maximum absolute atomic E-state index is 12.6. The Labute approximate surface area is 328 Å². The van der Waals surface area contributed by atoms with E-state index in [2.05, 4.69) is 6.58 Å². The number of carbonyl (C=O) groups excluding carboxylic acids is 5. The van der Waals surface area contributed by atoms with Crippen LogP contribution in [0.4, 0.5) is 0 Å². The molecular formula is C33H56O16S4. The molecule has 0 aliphatic carbocycles. The second-order valence-corrected chi connectivity index (χ2v) is 16.3. The van der Waals surface area contributed by atoms with E-state index in [4.69, 9.17) is 48.8 Å². The average Bonchev–Trinajstić information content (AvgIpc) is 3.16. The summed E-state index contributed by atoms with van der Waals surface area (Å²) in [7, 11) is 0. The van der Waals surface area contributed by atoms with E-state index in [1.807, 2.05) is 0 Å². The van der Waals surface area contributed by atoms with E-state index >= 15 is 0 Å². The van der Waals surface area contributed by atoms with E-state index in [0.29, 0.717) is 46.0 Å². The van der Waals surface area contributed by atoms with Crippen molar-refractivity contribution in [2.75, 3.05) is 125 Å². The zero-order valence-electron chi connectivity index (χ0n) is 30.1. The van der Waals surface area contributed by atoms with Gasteiger partial charge in [-0.05, 0) is 0 Å². The van der Waals surface area contributed by atoms with Crippen LogP contribution in [0.3, 0.4) is 0 Å². The highest BCUT2D eigenvalue weighted by atomic mass is 32.2.